The molecule has 0 spiro atoms. The first-order valence-corrected chi connectivity index (χ1v) is 15.5. The van der Waals surface area contributed by atoms with E-state index in [4.69, 9.17) is 30.5 Å². The van der Waals surface area contributed by atoms with Crippen LogP contribution in [-0.4, -0.2) is 42.0 Å². The summed E-state index contributed by atoms with van der Waals surface area (Å²) in [6.07, 6.45) is 0.815. The number of carbonyl (C=O) groups is 1. The van der Waals surface area contributed by atoms with Crippen LogP contribution < -0.4 is 24.3 Å². The van der Waals surface area contributed by atoms with Crippen molar-refractivity contribution in [2.24, 2.45) is 0 Å². The van der Waals surface area contributed by atoms with Crippen LogP contribution in [0, 0.1) is 28.5 Å². The van der Waals surface area contributed by atoms with Gasteiger partial charge in [-0.15, -0.1) is 0 Å². The summed E-state index contributed by atoms with van der Waals surface area (Å²) in [6, 6.07) is 19.8. The van der Waals surface area contributed by atoms with Crippen LogP contribution in [0.25, 0.3) is 11.1 Å². The fourth-order valence-electron chi connectivity index (χ4n) is 5.90. The summed E-state index contributed by atoms with van der Waals surface area (Å²) >= 11 is 6.71. The van der Waals surface area contributed by atoms with Gasteiger partial charge >= 0.3 is 5.97 Å². The van der Waals surface area contributed by atoms with Crippen molar-refractivity contribution in [1.82, 2.24) is 5.32 Å². The Hall–Kier alpha value is -5.33. The number of aliphatic hydroxyl groups excluding tert-OH is 1. The van der Waals surface area contributed by atoms with Crippen LogP contribution in [0.15, 0.2) is 60.7 Å². The summed E-state index contributed by atoms with van der Waals surface area (Å²) in [5.41, 5.74) is 4.64. The van der Waals surface area contributed by atoms with Crippen molar-refractivity contribution in [3.8, 4) is 46.3 Å². The summed E-state index contributed by atoms with van der Waals surface area (Å²) in [5, 5.41) is 40.7. The van der Waals surface area contributed by atoms with E-state index in [-0.39, 0.29) is 30.5 Å². The number of rotatable bonds is 11. The number of carboxylic acid groups (broad SMARTS) is 1. The molecule has 0 bridgehead atoms. The van der Waals surface area contributed by atoms with Crippen molar-refractivity contribution in [2.45, 2.75) is 38.1 Å². The zero-order valence-electron chi connectivity index (χ0n) is 25.5. The molecular formula is C36H29ClFN3O7. The van der Waals surface area contributed by atoms with E-state index in [1.165, 1.54) is 6.07 Å². The lowest BCUT2D eigenvalue weighted by Crippen LogP contribution is -2.39. The minimum atomic E-state index is -1.22. The van der Waals surface area contributed by atoms with Gasteiger partial charge in [0.15, 0.2) is 17.3 Å². The molecule has 0 saturated carbocycles. The van der Waals surface area contributed by atoms with Crippen molar-refractivity contribution in [3.63, 3.8) is 0 Å². The van der Waals surface area contributed by atoms with Crippen LogP contribution in [0.4, 0.5) is 4.39 Å². The first-order valence-electron chi connectivity index (χ1n) is 15.1. The van der Waals surface area contributed by atoms with E-state index in [1.807, 2.05) is 30.3 Å². The highest BCUT2D eigenvalue weighted by atomic mass is 35.5. The molecule has 1 aliphatic heterocycles. The molecule has 0 radical (unpaired) electrons. The molecule has 0 amide bonds. The van der Waals surface area contributed by atoms with Crippen molar-refractivity contribution in [3.05, 3.63) is 105 Å². The molecule has 0 aromatic heterocycles. The van der Waals surface area contributed by atoms with Gasteiger partial charge in [0.05, 0.1) is 34.9 Å². The van der Waals surface area contributed by atoms with Gasteiger partial charge in [-0.1, -0.05) is 29.8 Å². The Morgan fingerprint density at radius 2 is 1.81 bits per heavy atom. The number of fused-ring (bicyclic) bond motifs is 2. The number of hydrogen-bond donors (Lipinski definition) is 3. The number of aliphatic carboxylic acids is 1. The molecule has 4 aromatic carbocycles. The normalized spacial score (nSPS) is 15.1. The van der Waals surface area contributed by atoms with E-state index >= 15 is 4.39 Å². The largest absolute Gasteiger partial charge is 0.488 e. The zero-order chi connectivity index (χ0) is 33.8. The maximum Gasteiger partial charge on any atom is 0.323 e. The number of benzene rings is 4. The quantitative estimate of drug-likeness (QED) is 0.177. The Bertz CT molecular complexity index is 1940. The lowest BCUT2D eigenvalue weighted by Gasteiger charge is -2.21. The molecular weight excluding hydrogens is 641 g/mol. The first kappa shape index (κ1) is 32.6. The zero-order valence-corrected chi connectivity index (χ0v) is 26.2. The number of carboxylic acids is 1. The second kappa shape index (κ2) is 14.2. The molecule has 1 heterocycles. The maximum atomic E-state index is 15.6. The van der Waals surface area contributed by atoms with E-state index in [1.54, 1.807) is 36.4 Å². The molecule has 0 saturated heterocycles. The summed E-state index contributed by atoms with van der Waals surface area (Å²) in [5.74, 6) is -0.598. The third kappa shape index (κ3) is 6.71. The Kier molecular flexibility index (Phi) is 9.65. The smallest absolute Gasteiger partial charge is 0.323 e. The lowest BCUT2D eigenvalue weighted by atomic mass is 9.96. The Labute approximate surface area is 280 Å². The Morgan fingerprint density at radius 1 is 1.04 bits per heavy atom. The van der Waals surface area contributed by atoms with E-state index in [2.05, 4.69) is 5.32 Å². The van der Waals surface area contributed by atoms with Gasteiger partial charge in [-0.05, 0) is 71.5 Å². The second-order valence-electron chi connectivity index (χ2n) is 11.2. The third-order valence-electron chi connectivity index (χ3n) is 8.20. The van der Waals surface area contributed by atoms with Crippen LogP contribution >= 0.6 is 11.6 Å². The molecule has 12 heteroatoms. The number of nitriles is 2. The van der Waals surface area contributed by atoms with E-state index in [0.29, 0.717) is 64.5 Å². The Morgan fingerprint density at radius 3 is 2.54 bits per heavy atom. The highest BCUT2D eigenvalue weighted by Gasteiger charge is 2.30. The number of nitrogens with zero attached hydrogens (tertiary/aromatic N) is 2. The summed E-state index contributed by atoms with van der Waals surface area (Å²) in [4.78, 5) is 11.5. The van der Waals surface area contributed by atoms with Gasteiger partial charge in [-0.2, -0.15) is 10.5 Å². The van der Waals surface area contributed by atoms with Gasteiger partial charge in [-0.25, -0.2) is 4.39 Å². The Balaban J connectivity index is 1.29. The van der Waals surface area contributed by atoms with E-state index in [9.17, 15) is 25.5 Å². The second-order valence-corrected chi connectivity index (χ2v) is 11.7. The lowest BCUT2D eigenvalue weighted by molar-refractivity contribution is -0.140. The van der Waals surface area contributed by atoms with Crippen molar-refractivity contribution in [2.75, 3.05) is 19.8 Å². The van der Waals surface area contributed by atoms with E-state index in [0.717, 1.165) is 16.7 Å². The van der Waals surface area contributed by atoms with Crippen LogP contribution in [0.2, 0.25) is 5.02 Å². The average Bonchev–Trinajstić information content (AvgIpc) is 3.51. The third-order valence-corrected chi connectivity index (χ3v) is 8.50. The molecule has 1 aliphatic carbocycles. The minimum Gasteiger partial charge on any atom is -0.488 e. The average molecular weight is 670 g/mol. The van der Waals surface area contributed by atoms with Crippen LogP contribution in [0.3, 0.4) is 0 Å². The molecule has 0 fully saturated rings. The predicted octanol–water partition coefficient (Wildman–Crippen LogP) is 5.84. The molecule has 4 aromatic rings. The van der Waals surface area contributed by atoms with Gasteiger partial charge < -0.3 is 29.2 Å². The molecule has 244 valence electrons. The van der Waals surface area contributed by atoms with Gasteiger partial charge in [0, 0.05) is 23.7 Å². The minimum absolute atomic E-state index is 0.00867. The molecule has 2 aliphatic rings. The van der Waals surface area contributed by atoms with Gasteiger partial charge in [0.1, 0.15) is 43.5 Å². The number of ether oxygens (including phenoxy) is 4. The molecule has 48 heavy (non-hydrogen) atoms. The topological polar surface area (TPSA) is 154 Å². The SMILES string of the molecule is N#Cc1cc(C#N)cc(COc2cc(O[C@H]3CCc4c(-c5ccc6c(c5F)OCCO6)cccc43)c(Cl)cc2CN[C@@H](CO)C(=O)O)c1. The highest BCUT2D eigenvalue weighted by molar-refractivity contribution is 6.32. The molecule has 0 unspecified atom stereocenters. The van der Waals surface area contributed by atoms with Gasteiger partial charge in [0.25, 0.3) is 0 Å². The first-order chi connectivity index (χ1) is 23.3. The number of nitrogens with one attached hydrogen (secondary N) is 1. The fourth-order valence-corrected chi connectivity index (χ4v) is 6.13. The van der Waals surface area contributed by atoms with E-state index < -0.39 is 30.5 Å². The molecule has 6 rings (SSSR count). The molecule has 10 nitrogen and oxygen atoms in total. The monoisotopic (exact) mass is 669 g/mol. The van der Waals surface area contributed by atoms with Gasteiger partial charge in [0.2, 0.25) is 0 Å². The summed E-state index contributed by atoms with van der Waals surface area (Å²) in [6.45, 7) is -0.0211. The van der Waals surface area contributed by atoms with Crippen LogP contribution in [-0.2, 0) is 24.4 Å². The summed E-state index contributed by atoms with van der Waals surface area (Å²) < 4.78 is 39.3. The van der Waals surface area contributed by atoms with Crippen LogP contribution in [0.5, 0.6) is 23.0 Å². The standard InChI is InChI=1S/C36H29ClFN3O7/c37-28-13-23(17-41-29(18-42)36(43)44)32(47-19-22-11-20(15-39)10-21(12-22)16-40)14-33(28)48-30-6-4-25-24(2-1-3-26(25)30)27-5-7-31-35(34(27)38)46-9-8-45-31/h1-3,5,7,10-14,29-30,41-42H,4,6,8-9,17-19H2,(H,43,44)/t29-,30-/m0/s1. The summed E-state index contributed by atoms with van der Waals surface area (Å²) in [7, 11) is 0. The fraction of sp³-hybridized carbons (Fsp3) is 0.250. The molecule has 3 N–H and O–H groups in total. The van der Waals surface area contributed by atoms with Crippen LogP contribution in [0.1, 0.15) is 45.9 Å². The van der Waals surface area contributed by atoms with Crippen molar-refractivity contribution < 1.29 is 38.3 Å². The van der Waals surface area contributed by atoms with Crippen molar-refractivity contribution >= 4 is 17.6 Å². The predicted molar refractivity (Wildman–Crippen MR) is 172 cm³/mol. The van der Waals surface area contributed by atoms with Gasteiger partial charge in [-0.3, -0.25) is 10.1 Å². The number of aliphatic hydroxyl groups is 1. The highest BCUT2D eigenvalue weighted by Crippen LogP contribution is 2.45. The molecule has 2 atom stereocenters. The number of halogens is 2. The number of hydrogen-bond acceptors (Lipinski definition) is 9. The maximum absolute atomic E-state index is 15.6. The van der Waals surface area contributed by atoms with Crippen molar-refractivity contribution in [1.29, 1.82) is 10.5 Å².